The van der Waals surface area contributed by atoms with Gasteiger partial charge in [-0.3, -0.25) is 4.79 Å². The van der Waals surface area contributed by atoms with E-state index in [-0.39, 0.29) is 18.4 Å². The monoisotopic (exact) mass is 328 g/mol. The van der Waals surface area contributed by atoms with Gasteiger partial charge in [0, 0.05) is 5.69 Å². The number of hydrogen-bond acceptors (Lipinski definition) is 4. The average Bonchev–Trinajstić information content (AvgIpc) is 2.44. The fraction of sp³-hybridized carbons (Fsp3) is 0.467. The first-order valence-electron chi connectivity index (χ1n) is 6.96. The van der Waals surface area contributed by atoms with E-state index in [1.54, 1.807) is 25.1 Å². The number of carbonyl (C=O) groups is 2. The molecule has 0 bridgehead atoms. The van der Waals surface area contributed by atoms with E-state index in [0.29, 0.717) is 16.5 Å². The summed E-state index contributed by atoms with van der Waals surface area (Å²) in [6.07, 6.45) is -0.621. The van der Waals surface area contributed by atoms with Crippen LogP contribution in [0.4, 0.5) is 10.5 Å². The highest BCUT2D eigenvalue weighted by molar-refractivity contribution is 6.32. The molecule has 6 nitrogen and oxygen atoms in total. The van der Waals surface area contributed by atoms with Crippen molar-refractivity contribution in [3.05, 3.63) is 23.2 Å². The first-order chi connectivity index (χ1) is 10.4. The van der Waals surface area contributed by atoms with E-state index in [9.17, 15) is 9.59 Å². The number of anilines is 1. The number of alkyl carbamates (subject to hydrolysis) is 1. The van der Waals surface area contributed by atoms with Crippen molar-refractivity contribution >= 4 is 29.3 Å². The first-order valence-corrected chi connectivity index (χ1v) is 7.34. The lowest BCUT2D eigenvalue weighted by atomic mass is 10.0. The minimum absolute atomic E-state index is 0.0990. The van der Waals surface area contributed by atoms with Crippen LogP contribution < -0.4 is 15.4 Å². The number of ether oxygens (including phenoxy) is 2. The van der Waals surface area contributed by atoms with Gasteiger partial charge >= 0.3 is 6.09 Å². The molecule has 1 aromatic carbocycles. The zero-order valence-electron chi connectivity index (χ0n) is 13.1. The minimum Gasteiger partial charge on any atom is -0.495 e. The number of nitrogens with one attached hydrogen (secondary N) is 2. The Labute approximate surface area is 135 Å². The lowest BCUT2D eigenvalue weighted by Crippen LogP contribution is -2.47. The zero-order chi connectivity index (χ0) is 16.7. The van der Waals surface area contributed by atoms with Crippen molar-refractivity contribution in [2.75, 3.05) is 19.0 Å². The fourth-order valence-electron chi connectivity index (χ4n) is 1.80. The standard InChI is InChI=1S/C15H21ClN2O4/c1-5-22-15(20)18-13(9(2)3)14(19)17-10-6-7-12(21-4)11(16)8-10/h6-9,13H,5H2,1-4H3,(H,17,19)(H,18,20)/t13-/m1/s1. The molecule has 122 valence electrons. The molecular weight excluding hydrogens is 308 g/mol. The number of methoxy groups -OCH3 is 1. The Kier molecular flexibility index (Phi) is 6.98. The number of rotatable bonds is 6. The molecule has 0 aliphatic rings. The lowest BCUT2D eigenvalue weighted by Gasteiger charge is -2.21. The van der Waals surface area contributed by atoms with Crippen molar-refractivity contribution in [2.24, 2.45) is 5.92 Å². The predicted octanol–water partition coefficient (Wildman–Crippen LogP) is 3.06. The van der Waals surface area contributed by atoms with Crippen LogP contribution >= 0.6 is 11.6 Å². The summed E-state index contributed by atoms with van der Waals surface area (Å²) in [5, 5.41) is 5.65. The summed E-state index contributed by atoms with van der Waals surface area (Å²) < 4.78 is 9.86. The van der Waals surface area contributed by atoms with Gasteiger partial charge < -0.3 is 20.1 Å². The third kappa shape index (κ3) is 5.11. The second kappa shape index (κ2) is 8.48. The van der Waals surface area contributed by atoms with Crippen molar-refractivity contribution in [1.82, 2.24) is 5.32 Å². The summed E-state index contributed by atoms with van der Waals surface area (Å²) in [4.78, 5) is 23.8. The number of hydrogen-bond donors (Lipinski definition) is 2. The van der Waals surface area contributed by atoms with Crippen LogP contribution in [0.3, 0.4) is 0 Å². The SMILES string of the molecule is CCOC(=O)N[C@@H](C(=O)Nc1ccc(OC)c(Cl)c1)C(C)C. The summed E-state index contributed by atoms with van der Waals surface area (Å²) in [5.41, 5.74) is 0.520. The molecule has 1 aromatic rings. The van der Waals surface area contributed by atoms with Gasteiger partial charge in [-0.15, -0.1) is 0 Å². The van der Waals surface area contributed by atoms with Gasteiger partial charge in [0.1, 0.15) is 11.8 Å². The molecular formula is C15H21ClN2O4. The highest BCUT2D eigenvalue weighted by Gasteiger charge is 2.25. The minimum atomic E-state index is -0.708. The first kappa shape index (κ1) is 18.1. The number of benzene rings is 1. The van der Waals surface area contributed by atoms with Gasteiger partial charge in [0.15, 0.2) is 0 Å². The van der Waals surface area contributed by atoms with E-state index < -0.39 is 12.1 Å². The number of halogens is 1. The summed E-state index contributed by atoms with van der Waals surface area (Å²) in [5.74, 6) is 0.0761. The van der Waals surface area contributed by atoms with E-state index in [1.807, 2.05) is 13.8 Å². The molecule has 0 radical (unpaired) electrons. The van der Waals surface area contributed by atoms with Crippen molar-refractivity contribution in [3.8, 4) is 5.75 Å². The van der Waals surface area contributed by atoms with Gasteiger partial charge in [0.2, 0.25) is 5.91 Å². The van der Waals surface area contributed by atoms with Gasteiger partial charge in [0.05, 0.1) is 18.7 Å². The van der Waals surface area contributed by atoms with Crippen LogP contribution in [0.5, 0.6) is 5.75 Å². The Hall–Kier alpha value is -1.95. The maximum atomic E-state index is 12.3. The van der Waals surface area contributed by atoms with E-state index in [2.05, 4.69) is 10.6 Å². The van der Waals surface area contributed by atoms with E-state index in [1.165, 1.54) is 7.11 Å². The fourth-order valence-corrected chi connectivity index (χ4v) is 2.06. The van der Waals surface area contributed by atoms with Crippen LogP contribution in [-0.2, 0) is 9.53 Å². The molecule has 1 rings (SSSR count). The molecule has 0 saturated heterocycles. The van der Waals surface area contributed by atoms with Crippen LogP contribution in [0.1, 0.15) is 20.8 Å². The number of carbonyl (C=O) groups excluding carboxylic acids is 2. The van der Waals surface area contributed by atoms with Crippen molar-refractivity contribution in [1.29, 1.82) is 0 Å². The van der Waals surface area contributed by atoms with Crippen LogP contribution in [0.15, 0.2) is 18.2 Å². The van der Waals surface area contributed by atoms with Gasteiger partial charge in [-0.05, 0) is 31.0 Å². The van der Waals surface area contributed by atoms with Crippen LogP contribution in [-0.4, -0.2) is 31.8 Å². The largest absolute Gasteiger partial charge is 0.495 e. The highest BCUT2D eigenvalue weighted by atomic mass is 35.5. The Balaban J connectivity index is 2.78. The van der Waals surface area contributed by atoms with Gasteiger partial charge in [0.25, 0.3) is 0 Å². The molecule has 0 aliphatic carbocycles. The van der Waals surface area contributed by atoms with Crippen molar-refractivity contribution in [2.45, 2.75) is 26.8 Å². The van der Waals surface area contributed by atoms with Crippen molar-refractivity contribution < 1.29 is 19.1 Å². The second-order valence-corrected chi connectivity index (χ2v) is 5.33. The van der Waals surface area contributed by atoms with E-state index >= 15 is 0 Å². The molecule has 0 saturated carbocycles. The topological polar surface area (TPSA) is 76.7 Å². The highest BCUT2D eigenvalue weighted by Crippen LogP contribution is 2.27. The summed E-state index contributed by atoms with van der Waals surface area (Å²) in [6.45, 7) is 5.60. The molecule has 0 heterocycles. The van der Waals surface area contributed by atoms with Gasteiger partial charge in [-0.1, -0.05) is 25.4 Å². The number of amides is 2. The summed E-state index contributed by atoms with van der Waals surface area (Å²) in [6, 6.07) is 4.20. The zero-order valence-corrected chi connectivity index (χ0v) is 13.9. The predicted molar refractivity (Wildman–Crippen MR) is 85.4 cm³/mol. The molecule has 0 unspecified atom stereocenters. The molecule has 0 spiro atoms. The maximum absolute atomic E-state index is 12.3. The molecule has 0 aromatic heterocycles. The molecule has 7 heteroatoms. The molecule has 0 fully saturated rings. The lowest BCUT2D eigenvalue weighted by molar-refractivity contribution is -0.119. The second-order valence-electron chi connectivity index (χ2n) is 4.93. The van der Waals surface area contributed by atoms with E-state index in [0.717, 1.165) is 0 Å². The molecule has 0 aliphatic heterocycles. The van der Waals surface area contributed by atoms with Crippen molar-refractivity contribution in [3.63, 3.8) is 0 Å². The van der Waals surface area contributed by atoms with Crippen LogP contribution in [0.25, 0.3) is 0 Å². The Morgan fingerprint density at radius 3 is 2.50 bits per heavy atom. The Morgan fingerprint density at radius 1 is 1.32 bits per heavy atom. The third-order valence-corrected chi connectivity index (χ3v) is 3.21. The Bertz CT molecular complexity index is 534. The molecule has 2 N–H and O–H groups in total. The quantitative estimate of drug-likeness (QED) is 0.841. The maximum Gasteiger partial charge on any atom is 0.407 e. The molecule has 2 amide bonds. The van der Waals surface area contributed by atoms with E-state index in [4.69, 9.17) is 21.1 Å². The van der Waals surface area contributed by atoms with Crippen LogP contribution in [0, 0.1) is 5.92 Å². The molecule has 1 atom stereocenters. The van der Waals surface area contributed by atoms with Gasteiger partial charge in [-0.2, -0.15) is 0 Å². The van der Waals surface area contributed by atoms with Crippen LogP contribution in [0.2, 0.25) is 5.02 Å². The third-order valence-electron chi connectivity index (χ3n) is 2.92. The normalized spacial score (nSPS) is 11.7. The average molecular weight is 329 g/mol. The Morgan fingerprint density at radius 2 is 2.00 bits per heavy atom. The van der Waals surface area contributed by atoms with Gasteiger partial charge in [-0.25, -0.2) is 4.79 Å². The summed E-state index contributed by atoms with van der Waals surface area (Å²) in [7, 11) is 1.51. The molecule has 22 heavy (non-hydrogen) atoms. The summed E-state index contributed by atoms with van der Waals surface area (Å²) >= 11 is 6.01. The smallest absolute Gasteiger partial charge is 0.407 e.